The molecule has 2 aromatic heterocycles. The molecule has 0 bridgehead atoms. The summed E-state index contributed by atoms with van der Waals surface area (Å²) in [7, 11) is 0. The Morgan fingerprint density at radius 1 is 1.23 bits per heavy atom. The molecule has 0 atom stereocenters. The standard InChI is InChI=1S/C23H18N4O4/c1-13(2)30-20-7-4-15(10-17(20)12-24)23-26-22(27-31-23)14-3-6-19-16(9-14)11-18(25-19)5-8-21(28)29/h3-11,13,25H,1-2H3,(H,28,29). The second-order valence-electron chi connectivity index (χ2n) is 7.11. The molecule has 4 aromatic rings. The minimum Gasteiger partial charge on any atom is -0.490 e. The molecular formula is C23H18N4O4. The highest BCUT2D eigenvalue weighted by atomic mass is 16.5. The van der Waals surface area contributed by atoms with E-state index < -0.39 is 5.97 Å². The van der Waals surface area contributed by atoms with Crippen LogP contribution in [-0.2, 0) is 4.79 Å². The molecule has 0 aliphatic carbocycles. The number of carbonyl (C=O) groups is 1. The van der Waals surface area contributed by atoms with Crippen LogP contribution < -0.4 is 4.74 Å². The van der Waals surface area contributed by atoms with E-state index in [0.29, 0.717) is 34.3 Å². The lowest BCUT2D eigenvalue weighted by Crippen LogP contribution is -2.06. The van der Waals surface area contributed by atoms with Crippen molar-refractivity contribution in [1.82, 2.24) is 15.1 Å². The molecule has 0 unspecified atom stereocenters. The van der Waals surface area contributed by atoms with Gasteiger partial charge in [0.2, 0.25) is 5.82 Å². The highest BCUT2D eigenvalue weighted by molar-refractivity contribution is 5.89. The number of nitrogens with zero attached hydrogens (tertiary/aromatic N) is 3. The third kappa shape index (κ3) is 4.31. The Kier molecular flexibility index (Phi) is 5.24. The van der Waals surface area contributed by atoms with Gasteiger partial charge in [0, 0.05) is 33.8 Å². The Bertz CT molecular complexity index is 1340. The van der Waals surface area contributed by atoms with E-state index in [0.717, 1.165) is 22.5 Å². The van der Waals surface area contributed by atoms with Gasteiger partial charge in [-0.25, -0.2) is 4.79 Å². The van der Waals surface area contributed by atoms with Gasteiger partial charge in [0.05, 0.1) is 11.7 Å². The maximum absolute atomic E-state index is 10.7. The third-order valence-corrected chi connectivity index (χ3v) is 4.44. The number of benzene rings is 2. The van der Waals surface area contributed by atoms with Crippen molar-refractivity contribution < 1.29 is 19.2 Å². The van der Waals surface area contributed by atoms with Crippen LogP contribution in [0.1, 0.15) is 25.1 Å². The van der Waals surface area contributed by atoms with Gasteiger partial charge in [0.25, 0.3) is 5.89 Å². The Labute approximate surface area is 177 Å². The van der Waals surface area contributed by atoms with Crippen molar-refractivity contribution in [2.75, 3.05) is 0 Å². The van der Waals surface area contributed by atoms with Gasteiger partial charge in [-0.3, -0.25) is 0 Å². The van der Waals surface area contributed by atoms with E-state index in [4.69, 9.17) is 14.4 Å². The van der Waals surface area contributed by atoms with Crippen molar-refractivity contribution in [3.8, 4) is 34.7 Å². The van der Waals surface area contributed by atoms with Crippen LogP contribution in [-0.4, -0.2) is 32.3 Å². The highest BCUT2D eigenvalue weighted by Gasteiger charge is 2.14. The number of carboxylic acids is 1. The normalized spacial score (nSPS) is 11.3. The van der Waals surface area contributed by atoms with Crippen LogP contribution in [0.15, 0.2) is 53.1 Å². The number of ether oxygens (including phenoxy) is 1. The third-order valence-electron chi connectivity index (χ3n) is 4.44. The summed E-state index contributed by atoms with van der Waals surface area (Å²) < 4.78 is 11.1. The Balaban J connectivity index is 1.63. The van der Waals surface area contributed by atoms with Crippen molar-refractivity contribution in [3.63, 3.8) is 0 Å². The van der Waals surface area contributed by atoms with Crippen LogP contribution in [0.3, 0.4) is 0 Å². The summed E-state index contributed by atoms with van der Waals surface area (Å²) in [6.45, 7) is 3.79. The van der Waals surface area contributed by atoms with E-state index in [-0.39, 0.29) is 6.10 Å². The first-order valence-electron chi connectivity index (χ1n) is 9.52. The summed E-state index contributed by atoms with van der Waals surface area (Å²) in [5, 5.41) is 23.1. The van der Waals surface area contributed by atoms with Crippen LogP contribution in [0.25, 0.3) is 39.8 Å². The summed E-state index contributed by atoms with van der Waals surface area (Å²) in [6, 6.07) is 14.7. The smallest absolute Gasteiger partial charge is 0.328 e. The number of H-pyrrole nitrogens is 1. The number of rotatable bonds is 6. The molecule has 2 N–H and O–H groups in total. The van der Waals surface area contributed by atoms with Crippen molar-refractivity contribution in [3.05, 3.63) is 59.8 Å². The van der Waals surface area contributed by atoms with Gasteiger partial charge in [-0.15, -0.1) is 0 Å². The Hall–Kier alpha value is -4.38. The second kappa shape index (κ2) is 8.16. The largest absolute Gasteiger partial charge is 0.490 e. The van der Waals surface area contributed by atoms with Gasteiger partial charge in [0.15, 0.2) is 0 Å². The van der Waals surface area contributed by atoms with E-state index in [1.165, 1.54) is 6.08 Å². The molecular weight excluding hydrogens is 396 g/mol. The molecule has 0 spiro atoms. The van der Waals surface area contributed by atoms with Crippen molar-refractivity contribution in [2.24, 2.45) is 0 Å². The van der Waals surface area contributed by atoms with Crippen LogP contribution in [0.5, 0.6) is 5.75 Å². The summed E-state index contributed by atoms with van der Waals surface area (Å²) in [4.78, 5) is 18.3. The average molecular weight is 414 g/mol. The number of aromatic nitrogens is 3. The predicted molar refractivity (Wildman–Crippen MR) is 114 cm³/mol. The first-order chi connectivity index (χ1) is 14.9. The van der Waals surface area contributed by atoms with Crippen LogP contribution in [0.2, 0.25) is 0 Å². The number of carboxylic acid groups (broad SMARTS) is 1. The van der Waals surface area contributed by atoms with Gasteiger partial charge in [-0.2, -0.15) is 10.2 Å². The van der Waals surface area contributed by atoms with Crippen molar-refractivity contribution >= 4 is 22.9 Å². The molecule has 2 heterocycles. The number of nitrogens with one attached hydrogen (secondary N) is 1. The molecule has 8 nitrogen and oxygen atoms in total. The molecule has 0 saturated carbocycles. The summed E-state index contributed by atoms with van der Waals surface area (Å²) in [5.74, 6) is 0.192. The average Bonchev–Trinajstić information content (AvgIpc) is 3.38. The lowest BCUT2D eigenvalue weighted by Gasteiger charge is -2.11. The van der Waals surface area contributed by atoms with E-state index in [1.807, 2.05) is 38.1 Å². The highest BCUT2D eigenvalue weighted by Crippen LogP contribution is 2.29. The topological polar surface area (TPSA) is 125 Å². The monoisotopic (exact) mass is 414 g/mol. The Morgan fingerprint density at radius 3 is 2.77 bits per heavy atom. The number of aliphatic carboxylic acids is 1. The van der Waals surface area contributed by atoms with Gasteiger partial charge in [-0.05, 0) is 62.4 Å². The minimum atomic E-state index is -1.01. The molecule has 31 heavy (non-hydrogen) atoms. The van der Waals surface area contributed by atoms with Crippen molar-refractivity contribution in [2.45, 2.75) is 20.0 Å². The van der Waals surface area contributed by atoms with E-state index >= 15 is 0 Å². The molecule has 0 fully saturated rings. The molecule has 154 valence electrons. The zero-order valence-electron chi connectivity index (χ0n) is 16.8. The quantitative estimate of drug-likeness (QED) is 0.440. The predicted octanol–water partition coefficient (Wildman–Crippen LogP) is 4.64. The molecule has 8 heteroatoms. The molecule has 0 saturated heterocycles. The van der Waals surface area contributed by atoms with Gasteiger partial charge < -0.3 is 19.4 Å². The fourth-order valence-electron chi connectivity index (χ4n) is 3.11. The summed E-state index contributed by atoms with van der Waals surface area (Å²) >= 11 is 0. The lowest BCUT2D eigenvalue weighted by atomic mass is 10.1. The number of hydrogen-bond acceptors (Lipinski definition) is 6. The fraction of sp³-hybridized carbons (Fsp3) is 0.130. The molecule has 0 aliphatic rings. The molecule has 4 rings (SSSR count). The molecule has 0 aliphatic heterocycles. The lowest BCUT2D eigenvalue weighted by molar-refractivity contribution is -0.131. The molecule has 0 amide bonds. The van der Waals surface area contributed by atoms with Crippen molar-refractivity contribution in [1.29, 1.82) is 5.26 Å². The molecule has 2 aromatic carbocycles. The Morgan fingerprint density at radius 2 is 2.03 bits per heavy atom. The van der Waals surface area contributed by atoms with E-state index in [1.54, 1.807) is 18.2 Å². The first kappa shape index (κ1) is 19.9. The zero-order valence-corrected chi connectivity index (χ0v) is 16.8. The summed E-state index contributed by atoms with van der Waals surface area (Å²) in [6.07, 6.45) is 2.52. The number of nitriles is 1. The molecule has 0 radical (unpaired) electrons. The second-order valence-corrected chi connectivity index (χ2v) is 7.11. The fourth-order valence-corrected chi connectivity index (χ4v) is 3.11. The van der Waals surface area contributed by atoms with Crippen LogP contribution in [0, 0.1) is 11.3 Å². The maximum Gasteiger partial charge on any atom is 0.328 e. The van der Waals surface area contributed by atoms with Crippen LogP contribution in [0.4, 0.5) is 0 Å². The van der Waals surface area contributed by atoms with E-state index in [2.05, 4.69) is 21.2 Å². The van der Waals surface area contributed by atoms with Crippen LogP contribution >= 0.6 is 0 Å². The summed E-state index contributed by atoms with van der Waals surface area (Å²) in [5.41, 5.74) is 3.29. The van der Waals surface area contributed by atoms with E-state index in [9.17, 15) is 10.1 Å². The first-order valence-corrected chi connectivity index (χ1v) is 9.52. The van der Waals surface area contributed by atoms with Gasteiger partial charge in [0.1, 0.15) is 11.8 Å². The maximum atomic E-state index is 10.7. The number of fused-ring (bicyclic) bond motifs is 1. The SMILES string of the molecule is CC(C)Oc1ccc(-c2nc(-c3ccc4[nH]c(C=CC(=O)O)cc4c3)no2)cc1C#N. The number of aromatic amines is 1. The zero-order chi connectivity index (χ0) is 22.0. The number of hydrogen-bond donors (Lipinski definition) is 2. The van der Waals surface area contributed by atoms with Gasteiger partial charge in [-0.1, -0.05) is 5.16 Å². The minimum absolute atomic E-state index is 0.0450. The van der Waals surface area contributed by atoms with Gasteiger partial charge >= 0.3 is 5.97 Å².